The number of aromatic hydroxyl groups is 1. The van der Waals surface area contributed by atoms with Crippen LogP contribution in [0.3, 0.4) is 0 Å². The molecule has 1 atom stereocenters. The zero-order valence-electron chi connectivity index (χ0n) is 8.94. The third-order valence-corrected chi connectivity index (χ3v) is 3.43. The lowest BCUT2D eigenvalue weighted by molar-refractivity contribution is -0.123. The molecule has 2 aliphatic rings. The van der Waals surface area contributed by atoms with Crippen LogP contribution in [0.4, 0.5) is 5.69 Å². The van der Waals surface area contributed by atoms with E-state index in [2.05, 4.69) is 10.2 Å². The van der Waals surface area contributed by atoms with E-state index in [1.807, 2.05) is 12.1 Å². The molecule has 0 radical (unpaired) electrons. The first-order chi connectivity index (χ1) is 7.77. The number of nitrogens with one attached hydrogen (secondary N) is 1. The second kappa shape index (κ2) is 3.40. The van der Waals surface area contributed by atoms with Crippen LogP contribution in [-0.4, -0.2) is 30.1 Å². The van der Waals surface area contributed by atoms with E-state index in [0.717, 1.165) is 30.6 Å². The van der Waals surface area contributed by atoms with Crippen molar-refractivity contribution in [1.29, 1.82) is 0 Å². The molecule has 16 heavy (non-hydrogen) atoms. The Balaban J connectivity index is 2.06. The number of carbonyl (C=O) groups is 1. The number of phenols is 1. The highest BCUT2D eigenvalue weighted by molar-refractivity contribution is 5.88. The van der Waals surface area contributed by atoms with E-state index >= 15 is 0 Å². The van der Waals surface area contributed by atoms with E-state index < -0.39 is 0 Å². The largest absolute Gasteiger partial charge is 0.508 e. The van der Waals surface area contributed by atoms with Crippen molar-refractivity contribution in [2.45, 2.75) is 18.9 Å². The van der Waals surface area contributed by atoms with Gasteiger partial charge in [-0.05, 0) is 25.0 Å². The molecule has 0 spiro atoms. The highest BCUT2D eigenvalue weighted by atomic mass is 16.3. The van der Waals surface area contributed by atoms with Crippen molar-refractivity contribution in [2.75, 3.05) is 18.0 Å². The first-order valence-corrected chi connectivity index (χ1v) is 5.62. The normalized spacial score (nSPS) is 23.4. The molecular formula is C12H14N2O2. The second-order valence-corrected chi connectivity index (χ2v) is 4.31. The minimum atomic E-state index is -0.0527. The molecule has 1 fully saturated rings. The summed E-state index contributed by atoms with van der Waals surface area (Å²) in [7, 11) is 0. The standard InChI is InChI=1S/C12H14N2O2/c15-11-3-1-2-9-8(11)4-5-10-12(16)13-6-7-14(9)10/h1-3,10,15H,4-7H2,(H,13,16). The van der Waals surface area contributed by atoms with E-state index in [1.54, 1.807) is 6.07 Å². The first kappa shape index (κ1) is 9.51. The van der Waals surface area contributed by atoms with E-state index in [0.29, 0.717) is 12.3 Å². The summed E-state index contributed by atoms with van der Waals surface area (Å²) in [5.41, 5.74) is 2.00. The van der Waals surface area contributed by atoms with Gasteiger partial charge in [0.2, 0.25) is 5.91 Å². The van der Waals surface area contributed by atoms with Crippen molar-refractivity contribution in [3.05, 3.63) is 23.8 Å². The van der Waals surface area contributed by atoms with Crippen LogP contribution in [0.2, 0.25) is 0 Å². The molecule has 0 saturated carbocycles. The van der Waals surface area contributed by atoms with Crippen LogP contribution in [0.1, 0.15) is 12.0 Å². The number of rotatable bonds is 0. The van der Waals surface area contributed by atoms with E-state index in [9.17, 15) is 9.90 Å². The minimum absolute atomic E-state index is 0.0527. The lowest BCUT2D eigenvalue weighted by atomic mass is 9.93. The van der Waals surface area contributed by atoms with Crippen LogP contribution in [0, 0.1) is 0 Å². The smallest absolute Gasteiger partial charge is 0.242 e. The van der Waals surface area contributed by atoms with Crippen LogP contribution in [0.5, 0.6) is 5.75 Å². The number of hydrogen-bond acceptors (Lipinski definition) is 3. The zero-order chi connectivity index (χ0) is 11.1. The molecule has 4 nitrogen and oxygen atoms in total. The quantitative estimate of drug-likeness (QED) is 0.672. The van der Waals surface area contributed by atoms with Gasteiger partial charge < -0.3 is 15.3 Å². The fraction of sp³-hybridized carbons (Fsp3) is 0.417. The Labute approximate surface area is 93.9 Å². The molecule has 3 rings (SSSR count). The van der Waals surface area contributed by atoms with E-state index in [1.165, 1.54) is 0 Å². The fourth-order valence-electron chi connectivity index (χ4n) is 2.66. The Morgan fingerprint density at radius 1 is 1.44 bits per heavy atom. The number of fused-ring (bicyclic) bond motifs is 3. The van der Waals surface area contributed by atoms with Gasteiger partial charge in [-0.15, -0.1) is 0 Å². The molecule has 4 heteroatoms. The van der Waals surface area contributed by atoms with E-state index in [-0.39, 0.29) is 11.9 Å². The van der Waals surface area contributed by atoms with Crippen molar-refractivity contribution in [1.82, 2.24) is 5.32 Å². The average molecular weight is 218 g/mol. The number of anilines is 1. The van der Waals surface area contributed by atoms with Gasteiger partial charge in [0.25, 0.3) is 0 Å². The molecule has 0 bridgehead atoms. The summed E-state index contributed by atoms with van der Waals surface area (Å²) < 4.78 is 0. The molecule has 1 aromatic rings. The summed E-state index contributed by atoms with van der Waals surface area (Å²) in [4.78, 5) is 13.8. The SMILES string of the molecule is O=C1NCCN2c3cccc(O)c3CCC12. The Morgan fingerprint density at radius 2 is 2.31 bits per heavy atom. The topological polar surface area (TPSA) is 52.6 Å². The van der Waals surface area contributed by atoms with Gasteiger partial charge in [0, 0.05) is 24.3 Å². The van der Waals surface area contributed by atoms with Crippen LogP contribution < -0.4 is 10.2 Å². The summed E-state index contributed by atoms with van der Waals surface area (Å²) in [6, 6.07) is 5.48. The van der Waals surface area contributed by atoms with Gasteiger partial charge in [0.15, 0.2) is 0 Å². The lowest BCUT2D eigenvalue weighted by Crippen LogP contribution is -2.57. The third-order valence-electron chi connectivity index (χ3n) is 3.43. The van der Waals surface area contributed by atoms with Crippen molar-refractivity contribution >= 4 is 11.6 Å². The second-order valence-electron chi connectivity index (χ2n) is 4.31. The zero-order valence-corrected chi connectivity index (χ0v) is 8.94. The molecule has 1 amide bonds. The molecule has 2 N–H and O–H groups in total. The summed E-state index contributed by atoms with van der Waals surface area (Å²) in [6.07, 6.45) is 1.56. The maximum absolute atomic E-state index is 11.7. The molecule has 0 aromatic heterocycles. The molecule has 1 unspecified atom stereocenters. The number of benzene rings is 1. The molecule has 84 valence electrons. The summed E-state index contributed by atoms with van der Waals surface area (Å²) in [5.74, 6) is 0.460. The predicted octanol–water partition coefficient (Wildman–Crippen LogP) is 0.643. The summed E-state index contributed by atoms with van der Waals surface area (Å²) >= 11 is 0. The van der Waals surface area contributed by atoms with Crippen LogP contribution in [-0.2, 0) is 11.2 Å². The Bertz CT molecular complexity index is 445. The number of piperazine rings is 1. The minimum Gasteiger partial charge on any atom is -0.508 e. The van der Waals surface area contributed by atoms with Crippen molar-refractivity contribution in [2.24, 2.45) is 0 Å². The van der Waals surface area contributed by atoms with Crippen molar-refractivity contribution < 1.29 is 9.90 Å². The molecular weight excluding hydrogens is 204 g/mol. The number of phenolic OH excluding ortho intramolecular Hbond substituents is 1. The lowest BCUT2D eigenvalue weighted by Gasteiger charge is -2.41. The number of carbonyl (C=O) groups excluding carboxylic acids is 1. The van der Waals surface area contributed by atoms with E-state index in [4.69, 9.17) is 0 Å². The van der Waals surface area contributed by atoms with Gasteiger partial charge in [-0.25, -0.2) is 0 Å². The molecule has 2 aliphatic heterocycles. The van der Waals surface area contributed by atoms with Gasteiger partial charge in [0.1, 0.15) is 11.8 Å². The number of amides is 1. The highest BCUT2D eigenvalue weighted by Gasteiger charge is 2.34. The fourth-order valence-corrected chi connectivity index (χ4v) is 2.66. The monoisotopic (exact) mass is 218 g/mol. The molecule has 2 heterocycles. The predicted molar refractivity (Wildman–Crippen MR) is 60.6 cm³/mol. The Hall–Kier alpha value is -1.71. The van der Waals surface area contributed by atoms with Gasteiger partial charge in [-0.1, -0.05) is 6.07 Å². The van der Waals surface area contributed by atoms with Gasteiger partial charge in [-0.2, -0.15) is 0 Å². The molecule has 1 saturated heterocycles. The average Bonchev–Trinajstić information content (AvgIpc) is 2.30. The summed E-state index contributed by atoms with van der Waals surface area (Å²) in [5, 5.41) is 12.7. The number of hydrogen-bond donors (Lipinski definition) is 2. The van der Waals surface area contributed by atoms with Crippen LogP contribution in [0.25, 0.3) is 0 Å². The molecule has 0 aliphatic carbocycles. The summed E-state index contributed by atoms with van der Waals surface area (Å²) in [6.45, 7) is 1.51. The van der Waals surface area contributed by atoms with Gasteiger partial charge in [0.05, 0.1) is 0 Å². The van der Waals surface area contributed by atoms with Gasteiger partial charge in [-0.3, -0.25) is 4.79 Å². The maximum atomic E-state index is 11.7. The van der Waals surface area contributed by atoms with Crippen LogP contribution >= 0.6 is 0 Å². The molecule has 1 aromatic carbocycles. The maximum Gasteiger partial charge on any atom is 0.242 e. The van der Waals surface area contributed by atoms with Crippen molar-refractivity contribution in [3.63, 3.8) is 0 Å². The van der Waals surface area contributed by atoms with Crippen LogP contribution in [0.15, 0.2) is 18.2 Å². The first-order valence-electron chi connectivity index (χ1n) is 5.62. The Kier molecular flexibility index (Phi) is 2.02. The third kappa shape index (κ3) is 1.26. The highest BCUT2D eigenvalue weighted by Crippen LogP contribution is 2.36. The van der Waals surface area contributed by atoms with Crippen molar-refractivity contribution in [3.8, 4) is 5.75 Å². The Morgan fingerprint density at radius 3 is 3.19 bits per heavy atom. The van der Waals surface area contributed by atoms with Gasteiger partial charge >= 0.3 is 0 Å². The number of nitrogens with zero attached hydrogens (tertiary/aromatic N) is 1.